The van der Waals surface area contributed by atoms with E-state index in [9.17, 15) is 20.0 Å². The highest BCUT2D eigenvalue weighted by Gasteiger charge is 2.21. The first-order valence-electron chi connectivity index (χ1n) is 6.18. The number of carboxylic acids is 1. The summed E-state index contributed by atoms with van der Waals surface area (Å²) in [5, 5.41) is 22.9. The molecule has 0 aliphatic heterocycles. The van der Waals surface area contributed by atoms with Crippen molar-refractivity contribution in [3.63, 3.8) is 0 Å². The molecule has 0 radical (unpaired) electrons. The lowest BCUT2D eigenvalue weighted by Gasteiger charge is -2.14. The second-order valence-electron chi connectivity index (χ2n) is 4.33. The van der Waals surface area contributed by atoms with Crippen LogP contribution in [0.4, 0.5) is 5.69 Å². The van der Waals surface area contributed by atoms with Gasteiger partial charge in [-0.15, -0.1) is 0 Å². The van der Waals surface area contributed by atoms with E-state index < -0.39 is 16.9 Å². The van der Waals surface area contributed by atoms with Crippen LogP contribution in [-0.2, 0) is 11.3 Å². The van der Waals surface area contributed by atoms with E-state index in [4.69, 9.17) is 0 Å². The number of carbonyl (C=O) groups is 1. The Hall–Kier alpha value is -2.80. The summed E-state index contributed by atoms with van der Waals surface area (Å²) in [5.41, 5.74) is 0.875. The fraction of sp³-hybridized carbons (Fsp3) is 0.143. The molecule has 1 heterocycles. The molecule has 2 N–H and O–H groups in total. The quantitative estimate of drug-likeness (QED) is 0.621. The summed E-state index contributed by atoms with van der Waals surface area (Å²) in [6.45, 7) is 0.250. The molecule has 0 fully saturated rings. The number of aromatic nitrogens is 1. The van der Waals surface area contributed by atoms with Gasteiger partial charge in [0.25, 0.3) is 5.69 Å². The number of nitro benzene ring substituents is 1. The number of nitrogens with one attached hydrogen (secondary N) is 1. The zero-order chi connectivity index (χ0) is 15.2. The number of carboxylic acid groups (broad SMARTS) is 1. The lowest BCUT2D eigenvalue weighted by Crippen LogP contribution is -2.28. The van der Waals surface area contributed by atoms with E-state index in [-0.39, 0.29) is 12.2 Å². The highest BCUT2D eigenvalue weighted by molar-refractivity contribution is 5.75. The van der Waals surface area contributed by atoms with Crippen LogP contribution in [0.15, 0.2) is 48.7 Å². The number of hydrogen-bond acceptors (Lipinski definition) is 5. The lowest BCUT2D eigenvalue weighted by molar-refractivity contribution is -0.384. The van der Waals surface area contributed by atoms with Crippen molar-refractivity contribution in [2.45, 2.75) is 12.6 Å². The predicted molar refractivity (Wildman–Crippen MR) is 74.5 cm³/mol. The van der Waals surface area contributed by atoms with Crippen molar-refractivity contribution < 1.29 is 14.8 Å². The minimum Gasteiger partial charge on any atom is -0.480 e. The molecule has 108 valence electrons. The second-order valence-corrected chi connectivity index (χ2v) is 4.33. The molecule has 7 heteroatoms. The fourth-order valence-electron chi connectivity index (χ4n) is 1.87. The summed E-state index contributed by atoms with van der Waals surface area (Å²) < 4.78 is 0. The standard InChI is InChI=1S/C14H13N3O4/c18-14(19)13(16-9-11-5-1-2-7-15-11)10-4-3-6-12(8-10)17(20)21/h1-8,13,16H,9H2,(H,18,19). The Morgan fingerprint density at radius 1 is 1.33 bits per heavy atom. The maximum Gasteiger partial charge on any atom is 0.325 e. The minimum absolute atomic E-state index is 0.140. The van der Waals surface area contributed by atoms with Crippen LogP contribution < -0.4 is 5.32 Å². The molecule has 1 aromatic heterocycles. The van der Waals surface area contributed by atoms with Crippen molar-refractivity contribution >= 4 is 11.7 Å². The summed E-state index contributed by atoms with van der Waals surface area (Å²) in [6, 6.07) is 9.87. The van der Waals surface area contributed by atoms with E-state index in [0.29, 0.717) is 11.3 Å². The molecule has 2 rings (SSSR count). The monoisotopic (exact) mass is 287 g/mol. The normalized spacial score (nSPS) is 11.8. The summed E-state index contributed by atoms with van der Waals surface area (Å²) in [4.78, 5) is 25.6. The molecular formula is C14H13N3O4. The van der Waals surface area contributed by atoms with Crippen molar-refractivity contribution in [2.24, 2.45) is 0 Å². The first-order chi connectivity index (χ1) is 10.1. The number of benzene rings is 1. The summed E-state index contributed by atoms with van der Waals surface area (Å²) in [5.74, 6) is -1.11. The van der Waals surface area contributed by atoms with Crippen molar-refractivity contribution in [3.05, 3.63) is 70.0 Å². The molecule has 21 heavy (non-hydrogen) atoms. The first-order valence-corrected chi connectivity index (χ1v) is 6.18. The van der Waals surface area contributed by atoms with Gasteiger partial charge in [-0.2, -0.15) is 0 Å². The summed E-state index contributed by atoms with van der Waals surface area (Å²) >= 11 is 0. The highest BCUT2D eigenvalue weighted by atomic mass is 16.6. The summed E-state index contributed by atoms with van der Waals surface area (Å²) in [7, 11) is 0. The molecular weight excluding hydrogens is 274 g/mol. The van der Waals surface area contributed by atoms with E-state index in [1.807, 2.05) is 0 Å². The molecule has 1 atom stereocenters. The van der Waals surface area contributed by atoms with E-state index in [1.165, 1.54) is 24.3 Å². The molecule has 1 aromatic carbocycles. The highest BCUT2D eigenvalue weighted by Crippen LogP contribution is 2.20. The van der Waals surface area contributed by atoms with Crippen molar-refractivity contribution in [3.8, 4) is 0 Å². The fourth-order valence-corrected chi connectivity index (χ4v) is 1.87. The number of non-ortho nitro benzene ring substituents is 1. The van der Waals surface area contributed by atoms with Gasteiger partial charge in [-0.3, -0.25) is 25.2 Å². The third-order valence-electron chi connectivity index (χ3n) is 2.87. The Kier molecular flexibility index (Phi) is 4.57. The van der Waals surface area contributed by atoms with Crippen LogP contribution in [0.25, 0.3) is 0 Å². The molecule has 1 unspecified atom stereocenters. The van der Waals surface area contributed by atoms with Gasteiger partial charge in [0.1, 0.15) is 6.04 Å². The second kappa shape index (κ2) is 6.58. The molecule has 0 aliphatic carbocycles. The molecule has 0 saturated carbocycles. The molecule has 0 saturated heterocycles. The van der Waals surface area contributed by atoms with E-state index in [0.717, 1.165) is 0 Å². The minimum atomic E-state index is -1.11. The van der Waals surface area contributed by atoms with Crippen molar-refractivity contribution in [1.82, 2.24) is 10.3 Å². The number of nitrogens with zero attached hydrogens (tertiary/aromatic N) is 2. The molecule has 0 amide bonds. The Morgan fingerprint density at radius 3 is 2.76 bits per heavy atom. The number of pyridine rings is 1. The smallest absolute Gasteiger partial charge is 0.325 e. The van der Waals surface area contributed by atoms with Gasteiger partial charge in [0, 0.05) is 24.9 Å². The largest absolute Gasteiger partial charge is 0.480 e. The van der Waals surface area contributed by atoms with Crippen LogP contribution in [0.1, 0.15) is 17.3 Å². The van der Waals surface area contributed by atoms with Crippen LogP contribution in [0.2, 0.25) is 0 Å². The van der Waals surface area contributed by atoms with Gasteiger partial charge in [-0.05, 0) is 17.7 Å². The van der Waals surface area contributed by atoms with Crippen LogP contribution in [-0.4, -0.2) is 21.0 Å². The molecule has 2 aromatic rings. The van der Waals surface area contributed by atoms with Crippen LogP contribution in [0.5, 0.6) is 0 Å². The summed E-state index contributed by atoms with van der Waals surface area (Å²) in [6.07, 6.45) is 1.61. The number of nitro groups is 1. The van der Waals surface area contributed by atoms with Gasteiger partial charge in [-0.1, -0.05) is 18.2 Å². The molecule has 7 nitrogen and oxygen atoms in total. The maximum atomic E-state index is 11.3. The topological polar surface area (TPSA) is 105 Å². The maximum absolute atomic E-state index is 11.3. The number of aliphatic carboxylic acids is 1. The van der Waals surface area contributed by atoms with Crippen LogP contribution >= 0.6 is 0 Å². The van der Waals surface area contributed by atoms with Gasteiger partial charge in [0.15, 0.2) is 0 Å². The third kappa shape index (κ3) is 3.83. The van der Waals surface area contributed by atoms with Gasteiger partial charge in [0.2, 0.25) is 0 Å². The van der Waals surface area contributed by atoms with Gasteiger partial charge >= 0.3 is 5.97 Å². The zero-order valence-electron chi connectivity index (χ0n) is 11.0. The predicted octanol–water partition coefficient (Wildman–Crippen LogP) is 1.91. The van der Waals surface area contributed by atoms with Gasteiger partial charge in [0.05, 0.1) is 10.6 Å². The van der Waals surface area contributed by atoms with Crippen molar-refractivity contribution in [2.75, 3.05) is 0 Å². The van der Waals surface area contributed by atoms with Crippen LogP contribution in [0, 0.1) is 10.1 Å². The molecule has 0 bridgehead atoms. The number of rotatable bonds is 6. The molecule has 0 aliphatic rings. The third-order valence-corrected chi connectivity index (χ3v) is 2.87. The van der Waals surface area contributed by atoms with Gasteiger partial charge < -0.3 is 5.11 Å². The zero-order valence-corrected chi connectivity index (χ0v) is 11.0. The van der Waals surface area contributed by atoms with E-state index in [2.05, 4.69) is 10.3 Å². The van der Waals surface area contributed by atoms with Gasteiger partial charge in [-0.25, -0.2) is 0 Å². The average molecular weight is 287 g/mol. The Morgan fingerprint density at radius 2 is 2.14 bits per heavy atom. The van der Waals surface area contributed by atoms with Crippen molar-refractivity contribution in [1.29, 1.82) is 0 Å². The molecule has 0 spiro atoms. The first kappa shape index (κ1) is 14.6. The number of hydrogen-bond donors (Lipinski definition) is 2. The SMILES string of the molecule is O=C(O)C(NCc1ccccn1)c1cccc([N+](=O)[O-])c1. The van der Waals surface area contributed by atoms with Crippen LogP contribution in [0.3, 0.4) is 0 Å². The Bertz CT molecular complexity index is 646. The average Bonchev–Trinajstić information content (AvgIpc) is 2.48. The van der Waals surface area contributed by atoms with E-state index >= 15 is 0 Å². The Labute approximate surface area is 120 Å². The lowest BCUT2D eigenvalue weighted by atomic mass is 10.1. The van der Waals surface area contributed by atoms with E-state index in [1.54, 1.807) is 24.4 Å². The Balaban J connectivity index is 2.17.